The van der Waals surface area contributed by atoms with Gasteiger partial charge >= 0.3 is 11.9 Å². The molecule has 7 nitrogen and oxygen atoms in total. The molecule has 0 amide bonds. The van der Waals surface area contributed by atoms with Crippen molar-refractivity contribution in [1.82, 2.24) is 0 Å². The summed E-state index contributed by atoms with van der Waals surface area (Å²) in [5, 5.41) is 37.5. The van der Waals surface area contributed by atoms with E-state index in [4.69, 9.17) is 4.74 Å². The second kappa shape index (κ2) is 7.39. The molecular formula is C18H16O7. The van der Waals surface area contributed by atoms with Gasteiger partial charge in [0.05, 0.1) is 0 Å². The van der Waals surface area contributed by atoms with Crippen LogP contribution in [-0.4, -0.2) is 32.4 Å². The molecule has 2 rings (SSSR count). The Kier molecular flexibility index (Phi) is 5.28. The van der Waals surface area contributed by atoms with Gasteiger partial charge in [-0.3, -0.25) is 0 Å². The fourth-order valence-corrected chi connectivity index (χ4v) is 2.01. The molecular weight excluding hydrogens is 328 g/mol. The van der Waals surface area contributed by atoms with Crippen LogP contribution in [0.5, 0.6) is 17.2 Å². The van der Waals surface area contributed by atoms with Gasteiger partial charge in [0.1, 0.15) is 5.75 Å². The number of benzene rings is 2. The molecule has 0 radical (unpaired) electrons. The van der Waals surface area contributed by atoms with Crippen LogP contribution < -0.4 is 0 Å². The molecule has 0 fully saturated rings. The zero-order valence-electron chi connectivity index (χ0n) is 13.2. The number of aryl methyl sites for hydroxylation is 1. The van der Waals surface area contributed by atoms with E-state index in [9.17, 15) is 30.0 Å². The van der Waals surface area contributed by atoms with E-state index in [0.717, 1.165) is 6.08 Å². The van der Waals surface area contributed by atoms with E-state index >= 15 is 0 Å². The lowest BCUT2D eigenvalue weighted by atomic mass is 10.1. The summed E-state index contributed by atoms with van der Waals surface area (Å²) in [5.74, 6) is -3.05. The minimum atomic E-state index is -1.57. The van der Waals surface area contributed by atoms with Gasteiger partial charge < -0.3 is 25.2 Å². The van der Waals surface area contributed by atoms with Crippen molar-refractivity contribution in [2.24, 2.45) is 0 Å². The highest BCUT2D eigenvalue weighted by atomic mass is 16.6. The SMILES string of the molecule is Cc1ccc(C(OC(=O)/C=C/c2ccc(O)c(O)c2)C(=O)O)cc1O. The highest BCUT2D eigenvalue weighted by Crippen LogP contribution is 2.26. The monoisotopic (exact) mass is 344 g/mol. The van der Waals surface area contributed by atoms with Gasteiger partial charge in [0.2, 0.25) is 6.10 Å². The van der Waals surface area contributed by atoms with Crippen LogP contribution in [0.1, 0.15) is 22.8 Å². The number of aliphatic carboxylic acids is 1. The Balaban J connectivity index is 2.14. The number of carboxylic acids is 1. The third kappa shape index (κ3) is 4.51. The Morgan fingerprint density at radius 1 is 1.00 bits per heavy atom. The van der Waals surface area contributed by atoms with Crippen LogP contribution >= 0.6 is 0 Å². The molecule has 0 aliphatic heterocycles. The van der Waals surface area contributed by atoms with Gasteiger partial charge in [0, 0.05) is 11.6 Å². The summed E-state index contributed by atoms with van der Waals surface area (Å²) in [4.78, 5) is 23.2. The van der Waals surface area contributed by atoms with E-state index in [0.29, 0.717) is 11.1 Å². The maximum Gasteiger partial charge on any atom is 0.349 e. The number of phenols is 3. The molecule has 130 valence electrons. The van der Waals surface area contributed by atoms with Gasteiger partial charge in [-0.15, -0.1) is 0 Å². The Labute approximate surface area is 143 Å². The second-order valence-corrected chi connectivity index (χ2v) is 5.28. The fraction of sp³-hybridized carbons (Fsp3) is 0.111. The summed E-state index contributed by atoms with van der Waals surface area (Å²) in [5.41, 5.74) is 1.10. The number of carbonyl (C=O) groups is 2. The molecule has 0 aliphatic rings. The first kappa shape index (κ1) is 17.9. The van der Waals surface area contributed by atoms with Crippen molar-refractivity contribution in [2.45, 2.75) is 13.0 Å². The zero-order valence-corrected chi connectivity index (χ0v) is 13.2. The van der Waals surface area contributed by atoms with E-state index in [1.54, 1.807) is 6.92 Å². The number of hydrogen-bond acceptors (Lipinski definition) is 6. The molecule has 7 heteroatoms. The molecule has 25 heavy (non-hydrogen) atoms. The molecule has 0 saturated carbocycles. The summed E-state index contributed by atoms with van der Waals surface area (Å²) in [6.45, 7) is 1.65. The molecule has 4 N–H and O–H groups in total. The zero-order chi connectivity index (χ0) is 18.6. The number of ether oxygens (including phenoxy) is 1. The van der Waals surface area contributed by atoms with E-state index in [-0.39, 0.29) is 22.8 Å². The first-order chi connectivity index (χ1) is 11.8. The van der Waals surface area contributed by atoms with Crippen molar-refractivity contribution in [1.29, 1.82) is 0 Å². The Hall–Kier alpha value is -3.48. The van der Waals surface area contributed by atoms with Crippen LogP contribution in [0.2, 0.25) is 0 Å². The standard InChI is InChI=1S/C18H16O7/c1-10-2-5-12(9-14(10)20)17(18(23)24)25-16(22)7-4-11-3-6-13(19)15(21)8-11/h2-9,17,19-21H,1H3,(H,23,24)/b7-4+. The van der Waals surface area contributed by atoms with Crippen LogP contribution in [0.4, 0.5) is 0 Å². The van der Waals surface area contributed by atoms with E-state index in [1.807, 2.05) is 0 Å². The molecule has 2 aromatic carbocycles. The molecule has 1 atom stereocenters. The molecule has 0 spiro atoms. The Bertz CT molecular complexity index is 839. The number of esters is 1. The summed E-state index contributed by atoms with van der Waals surface area (Å²) < 4.78 is 4.92. The summed E-state index contributed by atoms with van der Waals surface area (Å²) in [6.07, 6.45) is 0.722. The lowest BCUT2D eigenvalue weighted by Crippen LogP contribution is -2.18. The Morgan fingerprint density at radius 3 is 2.32 bits per heavy atom. The van der Waals surface area contributed by atoms with Crippen LogP contribution in [-0.2, 0) is 14.3 Å². The number of phenolic OH excluding ortho intramolecular Hbond substituents is 3. The lowest BCUT2D eigenvalue weighted by Gasteiger charge is -2.13. The number of carbonyl (C=O) groups excluding carboxylic acids is 1. The minimum Gasteiger partial charge on any atom is -0.508 e. The largest absolute Gasteiger partial charge is 0.508 e. The fourth-order valence-electron chi connectivity index (χ4n) is 2.01. The van der Waals surface area contributed by atoms with E-state index in [1.165, 1.54) is 42.5 Å². The molecule has 0 aliphatic carbocycles. The van der Waals surface area contributed by atoms with Crippen molar-refractivity contribution in [2.75, 3.05) is 0 Å². The summed E-state index contributed by atoms with van der Waals surface area (Å²) in [6, 6.07) is 8.11. The summed E-state index contributed by atoms with van der Waals surface area (Å²) >= 11 is 0. The minimum absolute atomic E-state index is 0.102. The van der Waals surface area contributed by atoms with Gasteiger partial charge in [-0.2, -0.15) is 0 Å². The van der Waals surface area contributed by atoms with Gasteiger partial charge in [0.25, 0.3) is 0 Å². The van der Waals surface area contributed by atoms with E-state index < -0.39 is 18.0 Å². The van der Waals surface area contributed by atoms with Gasteiger partial charge in [-0.05, 0) is 42.3 Å². The maximum atomic E-state index is 11.9. The molecule has 2 aromatic rings. The van der Waals surface area contributed by atoms with Gasteiger partial charge in [-0.25, -0.2) is 9.59 Å². The third-order valence-corrected chi connectivity index (χ3v) is 3.41. The van der Waals surface area contributed by atoms with Gasteiger partial charge in [-0.1, -0.05) is 18.2 Å². The van der Waals surface area contributed by atoms with Gasteiger partial charge in [0.15, 0.2) is 11.5 Å². The van der Waals surface area contributed by atoms with Crippen LogP contribution in [0.25, 0.3) is 6.08 Å². The topological polar surface area (TPSA) is 124 Å². The predicted molar refractivity (Wildman–Crippen MR) is 88.1 cm³/mol. The number of rotatable bonds is 5. The highest BCUT2D eigenvalue weighted by molar-refractivity contribution is 5.89. The molecule has 0 saturated heterocycles. The predicted octanol–water partition coefficient (Wildman–Crippen LogP) is 2.49. The molecule has 0 heterocycles. The number of carboxylic acid groups (broad SMARTS) is 1. The average Bonchev–Trinajstić information content (AvgIpc) is 2.56. The quantitative estimate of drug-likeness (QED) is 0.373. The first-order valence-corrected chi connectivity index (χ1v) is 7.21. The van der Waals surface area contributed by atoms with Crippen LogP contribution in [0.3, 0.4) is 0 Å². The highest BCUT2D eigenvalue weighted by Gasteiger charge is 2.24. The lowest BCUT2D eigenvalue weighted by molar-refractivity contribution is -0.161. The first-order valence-electron chi connectivity index (χ1n) is 7.21. The molecule has 1 unspecified atom stereocenters. The average molecular weight is 344 g/mol. The number of hydrogen-bond donors (Lipinski definition) is 4. The van der Waals surface area contributed by atoms with Crippen LogP contribution in [0.15, 0.2) is 42.5 Å². The van der Waals surface area contributed by atoms with Crippen molar-refractivity contribution < 1.29 is 34.8 Å². The maximum absolute atomic E-state index is 11.9. The van der Waals surface area contributed by atoms with Crippen molar-refractivity contribution in [3.8, 4) is 17.2 Å². The normalized spacial score (nSPS) is 12.0. The Morgan fingerprint density at radius 2 is 1.72 bits per heavy atom. The summed E-state index contributed by atoms with van der Waals surface area (Å²) in [7, 11) is 0. The molecule has 0 aromatic heterocycles. The van der Waals surface area contributed by atoms with Crippen molar-refractivity contribution in [3.05, 3.63) is 59.2 Å². The van der Waals surface area contributed by atoms with Crippen molar-refractivity contribution in [3.63, 3.8) is 0 Å². The van der Waals surface area contributed by atoms with E-state index in [2.05, 4.69) is 0 Å². The van der Waals surface area contributed by atoms with Crippen LogP contribution in [0, 0.1) is 6.92 Å². The van der Waals surface area contributed by atoms with Crippen molar-refractivity contribution >= 4 is 18.0 Å². The molecule has 0 bridgehead atoms. The number of aromatic hydroxyl groups is 3. The third-order valence-electron chi connectivity index (χ3n) is 3.41. The smallest absolute Gasteiger partial charge is 0.349 e. The second-order valence-electron chi connectivity index (χ2n) is 5.28.